The first-order valence-corrected chi connectivity index (χ1v) is 9.19. The van der Waals surface area contributed by atoms with Crippen LogP contribution in [0.15, 0.2) is 18.5 Å². The average molecular weight is 333 g/mol. The summed E-state index contributed by atoms with van der Waals surface area (Å²) in [4.78, 5) is 16.2. The Hall–Kier alpha value is -1.24. The Morgan fingerprint density at radius 2 is 1.92 bits per heavy atom. The zero-order valence-electron chi connectivity index (χ0n) is 15.1. The van der Waals surface area contributed by atoms with Crippen LogP contribution in [0, 0.1) is 5.92 Å². The highest BCUT2D eigenvalue weighted by atomic mass is 16.5. The van der Waals surface area contributed by atoms with Gasteiger partial charge in [-0.05, 0) is 44.8 Å². The van der Waals surface area contributed by atoms with Crippen molar-refractivity contribution in [3.05, 3.63) is 18.5 Å². The van der Waals surface area contributed by atoms with E-state index in [4.69, 9.17) is 4.74 Å². The molecule has 2 saturated heterocycles. The Labute approximate surface area is 145 Å². The second kappa shape index (κ2) is 8.74. The molecule has 2 fully saturated rings. The fourth-order valence-electron chi connectivity index (χ4n) is 4.00. The van der Waals surface area contributed by atoms with Crippen LogP contribution < -0.4 is 4.90 Å². The third-order valence-corrected chi connectivity index (χ3v) is 5.45. The molecule has 2 aliphatic heterocycles. The van der Waals surface area contributed by atoms with Crippen LogP contribution >= 0.6 is 0 Å². The molecule has 6 nitrogen and oxygen atoms in total. The van der Waals surface area contributed by atoms with Gasteiger partial charge >= 0.3 is 0 Å². The molecule has 3 heterocycles. The lowest BCUT2D eigenvalue weighted by atomic mass is 10.0. The second-order valence-electron chi connectivity index (χ2n) is 7.15. The second-order valence-corrected chi connectivity index (χ2v) is 7.15. The lowest BCUT2D eigenvalue weighted by Gasteiger charge is -2.37. The van der Waals surface area contributed by atoms with E-state index in [0.29, 0.717) is 6.04 Å². The molecule has 3 rings (SSSR count). The minimum Gasteiger partial charge on any atom is -0.383 e. The predicted molar refractivity (Wildman–Crippen MR) is 96.3 cm³/mol. The van der Waals surface area contributed by atoms with Gasteiger partial charge in [-0.25, -0.2) is 9.97 Å². The van der Waals surface area contributed by atoms with Gasteiger partial charge < -0.3 is 19.4 Å². The summed E-state index contributed by atoms with van der Waals surface area (Å²) < 4.78 is 5.19. The lowest BCUT2D eigenvalue weighted by Crippen LogP contribution is -2.45. The molecular weight excluding hydrogens is 302 g/mol. The Morgan fingerprint density at radius 3 is 2.62 bits per heavy atom. The fraction of sp³-hybridized carbons (Fsp3) is 0.778. The van der Waals surface area contributed by atoms with Gasteiger partial charge in [0.15, 0.2) is 0 Å². The Kier molecular flexibility index (Phi) is 6.40. The molecule has 0 spiro atoms. The molecule has 24 heavy (non-hydrogen) atoms. The van der Waals surface area contributed by atoms with Crippen molar-refractivity contribution < 1.29 is 4.74 Å². The molecule has 0 saturated carbocycles. The number of nitrogens with zero attached hydrogens (tertiary/aromatic N) is 5. The summed E-state index contributed by atoms with van der Waals surface area (Å²) in [5, 5.41) is 0. The molecule has 0 bridgehead atoms. The topological polar surface area (TPSA) is 44.7 Å². The highest BCUT2D eigenvalue weighted by Crippen LogP contribution is 2.22. The molecular formula is C18H31N5O. The van der Waals surface area contributed by atoms with E-state index in [1.165, 1.54) is 38.9 Å². The van der Waals surface area contributed by atoms with Gasteiger partial charge in [0.05, 0.1) is 6.61 Å². The number of methoxy groups -OCH3 is 1. The third-order valence-electron chi connectivity index (χ3n) is 5.45. The number of piperidine rings is 1. The summed E-state index contributed by atoms with van der Waals surface area (Å²) in [5.74, 6) is 1.69. The normalized spacial score (nSPS) is 23.3. The van der Waals surface area contributed by atoms with Crippen LogP contribution in [0.4, 0.5) is 5.95 Å². The highest BCUT2D eigenvalue weighted by molar-refractivity contribution is 5.29. The summed E-state index contributed by atoms with van der Waals surface area (Å²) in [5.41, 5.74) is 0. The van der Waals surface area contributed by atoms with Crippen molar-refractivity contribution in [3.8, 4) is 0 Å². The van der Waals surface area contributed by atoms with Gasteiger partial charge in [-0.15, -0.1) is 0 Å². The largest absolute Gasteiger partial charge is 0.383 e. The van der Waals surface area contributed by atoms with E-state index in [1.54, 1.807) is 7.11 Å². The van der Waals surface area contributed by atoms with E-state index in [-0.39, 0.29) is 0 Å². The van der Waals surface area contributed by atoms with Crippen LogP contribution in [-0.4, -0.2) is 85.8 Å². The van der Waals surface area contributed by atoms with Crippen LogP contribution in [-0.2, 0) is 4.74 Å². The number of ether oxygens (including phenoxy) is 1. The zero-order valence-corrected chi connectivity index (χ0v) is 15.1. The molecule has 0 aliphatic carbocycles. The fourth-order valence-corrected chi connectivity index (χ4v) is 4.00. The van der Waals surface area contributed by atoms with Crippen LogP contribution in [0.1, 0.15) is 19.3 Å². The first kappa shape index (κ1) is 17.6. The summed E-state index contributed by atoms with van der Waals surface area (Å²) >= 11 is 0. The predicted octanol–water partition coefficient (Wildman–Crippen LogP) is 1.35. The van der Waals surface area contributed by atoms with E-state index < -0.39 is 0 Å². The summed E-state index contributed by atoms with van der Waals surface area (Å²) in [6.07, 6.45) is 7.39. The molecule has 0 amide bonds. The van der Waals surface area contributed by atoms with Gasteiger partial charge in [-0.1, -0.05) is 0 Å². The number of aromatic nitrogens is 2. The van der Waals surface area contributed by atoms with Gasteiger partial charge in [0.1, 0.15) is 0 Å². The maximum absolute atomic E-state index is 5.19. The maximum Gasteiger partial charge on any atom is 0.225 e. The molecule has 2 aliphatic rings. The van der Waals surface area contributed by atoms with Crippen LogP contribution in [0.25, 0.3) is 0 Å². The number of hydrogen-bond donors (Lipinski definition) is 0. The highest BCUT2D eigenvalue weighted by Gasteiger charge is 2.28. The Balaban J connectivity index is 1.40. The first-order valence-electron chi connectivity index (χ1n) is 9.19. The number of hydrogen-bond acceptors (Lipinski definition) is 6. The van der Waals surface area contributed by atoms with Crippen LogP contribution in [0.5, 0.6) is 0 Å². The van der Waals surface area contributed by atoms with Crippen molar-refractivity contribution in [3.63, 3.8) is 0 Å². The van der Waals surface area contributed by atoms with E-state index in [1.807, 2.05) is 18.5 Å². The van der Waals surface area contributed by atoms with Crippen LogP contribution in [0.3, 0.4) is 0 Å². The average Bonchev–Trinajstić information content (AvgIpc) is 3.08. The smallest absolute Gasteiger partial charge is 0.225 e. The van der Waals surface area contributed by atoms with Gasteiger partial charge in [-0.2, -0.15) is 0 Å². The van der Waals surface area contributed by atoms with E-state index in [2.05, 4.69) is 31.7 Å². The van der Waals surface area contributed by atoms with E-state index in [9.17, 15) is 0 Å². The lowest BCUT2D eigenvalue weighted by molar-refractivity contribution is 0.151. The van der Waals surface area contributed by atoms with Gasteiger partial charge in [0, 0.05) is 58.3 Å². The van der Waals surface area contributed by atoms with E-state index >= 15 is 0 Å². The van der Waals surface area contributed by atoms with Crippen molar-refractivity contribution in [1.82, 2.24) is 19.8 Å². The molecule has 0 N–H and O–H groups in total. The standard InChI is InChI=1S/C18H31N5O/c1-21(14-16-4-9-22(15-16)12-13-24-2)17-5-10-23(11-6-17)18-19-7-3-8-20-18/h3,7-8,16-17H,4-6,9-15H2,1-2H3/t16-/m0/s1. The minimum absolute atomic E-state index is 0.693. The van der Waals surface area contributed by atoms with Crippen molar-refractivity contribution in [2.24, 2.45) is 5.92 Å². The maximum atomic E-state index is 5.19. The molecule has 1 aromatic heterocycles. The van der Waals surface area contributed by atoms with Crippen molar-refractivity contribution >= 4 is 5.95 Å². The summed E-state index contributed by atoms with van der Waals surface area (Å²) in [6.45, 7) is 7.72. The Morgan fingerprint density at radius 1 is 1.17 bits per heavy atom. The Bertz CT molecular complexity index is 478. The van der Waals surface area contributed by atoms with Gasteiger partial charge in [0.25, 0.3) is 0 Å². The molecule has 6 heteroatoms. The molecule has 1 atom stereocenters. The monoisotopic (exact) mass is 333 g/mol. The van der Waals surface area contributed by atoms with Crippen molar-refractivity contribution in [2.75, 3.05) is 64.9 Å². The SMILES string of the molecule is COCCN1CC[C@@H](CN(C)C2CCN(c3ncccn3)CC2)C1. The number of rotatable bonds is 7. The molecule has 0 aromatic carbocycles. The third kappa shape index (κ3) is 4.65. The first-order chi connectivity index (χ1) is 11.8. The molecule has 1 aromatic rings. The quantitative estimate of drug-likeness (QED) is 0.750. The zero-order chi connectivity index (χ0) is 16.8. The summed E-state index contributed by atoms with van der Waals surface area (Å²) in [7, 11) is 4.09. The van der Waals surface area contributed by atoms with Gasteiger partial charge in [-0.3, -0.25) is 0 Å². The molecule has 0 radical (unpaired) electrons. The minimum atomic E-state index is 0.693. The van der Waals surface area contributed by atoms with Crippen molar-refractivity contribution in [2.45, 2.75) is 25.3 Å². The molecule has 0 unspecified atom stereocenters. The van der Waals surface area contributed by atoms with Gasteiger partial charge in [0.2, 0.25) is 5.95 Å². The van der Waals surface area contributed by atoms with Crippen LogP contribution in [0.2, 0.25) is 0 Å². The number of anilines is 1. The molecule has 134 valence electrons. The van der Waals surface area contributed by atoms with Crippen molar-refractivity contribution in [1.29, 1.82) is 0 Å². The summed E-state index contributed by atoms with van der Waals surface area (Å²) in [6, 6.07) is 2.57. The van der Waals surface area contributed by atoms with E-state index in [0.717, 1.165) is 38.1 Å². The number of likely N-dealkylation sites (tertiary alicyclic amines) is 1.